The van der Waals surface area contributed by atoms with Gasteiger partial charge in [0.15, 0.2) is 0 Å². The second-order valence-electron chi connectivity index (χ2n) is 7.83. The summed E-state index contributed by atoms with van der Waals surface area (Å²) in [6.45, 7) is 3.37. The van der Waals surface area contributed by atoms with E-state index < -0.39 is 0 Å². The van der Waals surface area contributed by atoms with Crippen LogP contribution in [-0.2, 0) is 11.3 Å². The van der Waals surface area contributed by atoms with Crippen LogP contribution in [0.1, 0.15) is 28.8 Å². The highest BCUT2D eigenvalue weighted by atomic mass is 35.5. The Hall–Kier alpha value is -2.77. The maximum absolute atomic E-state index is 12.5. The van der Waals surface area contributed by atoms with Crippen molar-refractivity contribution in [2.24, 2.45) is 5.92 Å². The van der Waals surface area contributed by atoms with E-state index >= 15 is 0 Å². The number of hydrogen-bond donors (Lipinski definition) is 2. The normalized spacial score (nSPS) is 14.6. The minimum absolute atomic E-state index is 0.00909. The molecule has 3 rings (SSSR count). The first-order valence-electron chi connectivity index (χ1n) is 10.7. The predicted octanol–water partition coefficient (Wildman–Crippen LogP) is 3.12. The average Bonchev–Trinajstić information content (AvgIpc) is 2.83. The fourth-order valence-electron chi connectivity index (χ4n) is 3.75. The van der Waals surface area contributed by atoms with E-state index in [1.54, 1.807) is 18.2 Å². The van der Waals surface area contributed by atoms with Gasteiger partial charge >= 0.3 is 0 Å². The van der Waals surface area contributed by atoms with E-state index in [-0.39, 0.29) is 17.7 Å². The summed E-state index contributed by atoms with van der Waals surface area (Å²) >= 11 is 5.94. The summed E-state index contributed by atoms with van der Waals surface area (Å²) in [4.78, 5) is 27.2. The molecule has 0 bridgehead atoms. The summed E-state index contributed by atoms with van der Waals surface area (Å²) in [5.41, 5.74) is 1.67. The molecular formula is C24H30ClN3O4. The summed E-state index contributed by atoms with van der Waals surface area (Å²) in [6.07, 6.45) is 1.66. The highest BCUT2D eigenvalue weighted by Gasteiger charge is 2.24. The van der Waals surface area contributed by atoms with E-state index in [9.17, 15) is 9.59 Å². The van der Waals surface area contributed by atoms with Crippen molar-refractivity contribution in [3.8, 4) is 11.5 Å². The molecule has 32 heavy (non-hydrogen) atoms. The number of carbonyl (C=O) groups is 2. The molecule has 0 unspecified atom stereocenters. The number of nitrogens with one attached hydrogen (secondary N) is 2. The van der Waals surface area contributed by atoms with Crippen LogP contribution >= 0.6 is 11.6 Å². The lowest BCUT2D eigenvalue weighted by atomic mass is 9.95. The summed E-state index contributed by atoms with van der Waals surface area (Å²) in [7, 11) is 3.07. The smallest absolute Gasteiger partial charge is 0.251 e. The van der Waals surface area contributed by atoms with Crippen LogP contribution in [0.5, 0.6) is 11.5 Å². The molecule has 0 radical (unpaired) electrons. The van der Waals surface area contributed by atoms with Crippen LogP contribution in [-0.4, -0.2) is 57.1 Å². The molecular weight excluding hydrogens is 430 g/mol. The van der Waals surface area contributed by atoms with Crippen molar-refractivity contribution < 1.29 is 19.1 Å². The molecule has 8 heteroatoms. The van der Waals surface area contributed by atoms with E-state index in [4.69, 9.17) is 21.1 Å². The van der Waals surface area contributed by atoms with Crippen molar-refractivity contribution in [1.29, 1.82) is 0 Å². The van der Waals surface area contributed by atoms with Crippen LogP contribution in [0.4, 0.5) is 0 Å². The Morgan fingerprint density at radius 2 is 1.56 bits per heavy atom. The van der Waals surface area contributed by atoms with E-state index in [2.05, 4.69) is 15.5 Å². The molecule has 2 amide bonds. The molecule has 7 nitrogen and oxygen atoms in total. The van der Waals surface area contributed by atoms with Gasteiger partial charge in [-0.3, -0.25) is 14.5 Å². The minimum atomic E-state index is -0.244. The Balaban J connectivity index is 1.36. The predicted molar refractivity (Wildman–Crippen MR) is 124 cm³/mol. The van der Waals surface area contributed by atoms with Crippen LogP contribution in [0.25, 0.3) is 0 Å². The van der Waals surface area contributed by atoms with Gasteiger partial charge in [-0.1, -0.05) is 23.7 Å². The SMILES string of the molecule is COc1cc(OC)cc(C(=O)NCCNC(=O)C2CCN(Cc3ccc(Cl)cc3)CC2)c1. The second kappa shape index (κ2) is 11.7. The molecule has 0 aliphatic carbocycles. The van der Waals surface area contributed by atoms with Gasteiger partial charge in [0.1, 0.15) is 11.5 Å². The molecule has 1 aliphatic heterocycles. The molecule has 0 saturated carbocycles. The summed E-state index contributed by atoms with van der Waals surface area (Å²) in [5, 5.41) is 6.49. The molecule has 1 saturated heterocycles. The van der Waals surface area contributed by atoms with Crippen LogP contribution in [0, 0.1) is 5.92 Å². The lowest BCUT2D eigenvalue weighted by Crippen LogP contribution is -2.42. The van der Waals surface area contributed by atoms with Crippen LogP contribution in [0.2, 0.25) is 5.02 Å². The number of rotatable bonds is 9. The number of halogens is 1. The minimum Gasteiger partial charge on any atom is -0.497 e. The molecule has 2 aromatic carbocycles. The maximum atomic E-state index is 12.5. The van der Waals surface area contributed by atoms with E-state index in [0.717, 1.165) is 37.5 Å². The first kappa shape index (κ1) is 23.9. The first-order valence-corrected chi connectivity index (χ1v) is 11.1. The third-order valence-electron chi connectivity index (χ3n) is 5.60. The van der Waals surface area contributed by atoms with Gasteiger partial charge in [-0.2, -0.15) is 0 Å². The third-order valence-corrected chi connectivity index (χ3v) is 5.85. The van der Waals surface area contributed by atoms with E-state index in [1.807, 2.05) is 24.3 Å². The fourth-order valence-corrected chi connectivity index (χ4v) is 3.87. The number of ether oxygens (including phenoxy) is 2. The van der Waals surface area contributed by atoms with E-state index in [1.165, 1.54) is 19.8 Å². The Bertz CT molecular complexity index is 890. The van der Waals surface area contributed by atoms with Gasteiger partial charge in [0, 0.05) is 42.2 Å². The van der Waals surface area contributed by atoms with Gasteiger partial charge in [0.25, 0.3) is 5.91 Å². The van der Waals surface area contributed by atoms with Crippen molar-refractivity contribution in [1.82, 2.24) is 15.5 Å². The zero-order valence-electron chi connectivity index (χ0n) is 18.5. The molecule has 172 valence electrons. The highest BCUT2D eigenvalue weighted by Crippen LogP contribution is 2.22. The zero-order valence-corrected chi connectivity index (χ0v) is 19.3. The standard InChI is InChI=1S/C24H30ClN3O4/c1-31-21-13-19(14-22(15-21)32-2)24(30)27-10-9-26-23(29)18-7-11-28(12-8-18)16-17-3-5-20(25)6-4-17/h3-6,13-15,18H,7-12,16H2,1-2H3,(H,26,29)(H,27,30). The van der Waals surface area contributed by atoms with Crippen LogP contribution in [0.3, 0.4) is 0 Å². The van der Waals surface area contributed by atoms with Gasteiger partial charge in [0.05, 0.1) is 14.2 Å². The summed E-state index contributed by atoms with van der Waals surface area (Å²) in [6, 6.07) is 12.9. The molecule has 1 heterocycles. The first-order chi connectivity index (χ1) is 15.5. The van der Waals surface area contributed by atoms with Gasteiger partial charge in [-0.15, -0.1) is 0 Å². The number of amides is 2. The number of piperidine rings is 1. The topological polar surface area (TPSA) is 79.9 Å². The van der Waals surface area contributed by atoms with Gasteiger partial charge in [-0.05, 0) is 55.8 Å². The summed E-state index contributed by atoms with van der Waals surface area (Å²) < 4.78 is 10.4. The Labute approximate surface area is 194 Å². The number of hydrogen-bond acceptors (Lipinski definition) is 5. The molecule has 0 aromatic heterocycles. The number of nitrogens with zero attached hydrogens (tertiary/aromatic N) is 1. The number of carbonyl (C=O) groups excluding carboxylic acids is 2. The zero-order chi connectivity index (χ0) is 22.9. The van der Waals surface area contributed by atoms with E-state index in [0.29, 0.717) is 30.2 Å². The van der Waals surface area contributed by atoms with Crippen molar-refractivity contribution in [3.63, 3.8) is 0 Å². The van der Waals surface area contributed by atoms with Gasteiger partial charge in [-0.25, -0.2) is 0 Å². The lowest BCUT2D eigenvalue weighted by molar-refractivity contribution is -0.126. The van der Waals surface area contributed by atoms with Crippen molar-refractivity contribution in [3.05, 3.63) is 58.6 Å². The van der Waals surface area contributed by atoms with Crippen LogP contribution in [0.15, 0.2) is 42.5 Å². The molecule has 2 aromatic rings. The monoisotopic (exact) mass is 459 g/mol. The van der Waals surface area contributed by atoms with Gasteiger partial charge in [0.2, 0.25) is 5.91 Å². The highest BCUT2D eigenvalue weighted by molar-refractivity contribution is 6.30. The molecule has 1 aliphatic rings. The average molecular weight is 460 g/mol. The number of benzene rings is 2. The summed E-state index contributed by atoms with van der Waals surface area (Å²) in [5.74, 6) is 0.908. The van der Waals surface area contributed by atoms with Crippen molar-refractivity contribution in [2.75, 3.05) is 40.4 Å². The van der Waals surface area contributed by atoms with Crippen molar-refractivity contribution >= 4 is 23.4 Å². The Morgan fingerprint density at radius 3 is 2.16 bits per heavy atom. The molecule has 1 fully saturated rings. The van der Waals surface area contributed by atoms with Crippen molar-refractivity contribution in [2.45, 2.75) is 19.4 Å². The maximum Gasteiger partial charge on any atom is 0.251 e. The Kier molecular flexibility index (Phi) is 8.76. The largest absolute Gasteiger partial charge is 0.497 e. The number of methoxy groups -OCH3 is 2. The van der Waals surface area contributed by atoms with Gasteiger partial charge < -0.3 is 20.1 Å². The molecule has 0 spiro atoms. The quantitative estimate of drug-likeness (QED) is 0.563. The fraction of sp³-hybridized carbons (Fsp3) is 0.417. The lowest BCUT2D eigenvalue weighted by Gasteiger charge is -2.31. The molecule has 0 atom stereocenters. The number of likely N-dealkylation sites (tertiary alicyclic amines) is 1. The second-order valence-corrected chi connectivity index (χ2v) is 8.26. The third kappa shape index (κ3) is 6.87. The van der Waals surface area contributed by atoms with Crippen LogP contribution < -0.4 is 20.1 Å². The Morgan fingerprint density at radius 1 is 0.969 bits per heavy atom. The molecule has 2 N–H and O–H groups in total.